The number of piperazine rings is 1. The topological polar surface area (TPSA) is 78.7 Å². The van der Waals surface area contributed by atoms with E-state index >= 15 is 0 Å². The van der Waals surface area contributed by atoms with Crippen molar-refractivity contribution in [1.82, 2.24) is 10.2 Å². The van der Waals surface area contributed by atoms with E-state index in [-0.39, 0.29) is 11.5 Å². The van der Waals surface area contributed by atoms with Crippen LogP contribution in [-0.4, -0.2) is 54.4 Å². The number of amides is 2. The van der Waals surface area contributed by atoms with Gasteiger partial charge in [-0.2, -0.15) is 0 Å². The number of carbonyl (C=O) groups is 2. The summed E-state index contributed by atoms with van der Waals surface area (Å²) < 4.78 is 0. The number of benzene rings is 1. The maximum absolute atomic E-state index is 12.0. The van der Waals surface area contributed by atoms with Gasteiger partial charge < -0.3 is 20.9 Å². The first kappa shape index (κ1) is 15.2. The number of hydrogen-bond acceptors (Lipinski definition) is 4. The third kappa shape index (κ3) is 4.16. The van der Waals surface area contributed by atoms with Crippen LogP contribution in [0.2, 0.25) is 0 Å². The van der Waals surface area contributed by atoms with Crippen molar-refractivity contribution in [3.8, 4) is 0 Å². The summed E-state index contributed by atoms with van der Waals surface area (Å²) in [6, 6.07) is 10.0. The Hall–Kier alpha value is -2.15. The van der Waals surface area contributed by atoms with Gasteiger partial charge in [0.05, 0.1) is 11.5 Å². The van der Waals surface area contributed by atoms with Crippen molar-refractivity contribution in [3.05, 3.63) is 30.3 Å². The Morgan fingerprint density at radius 3 is 2.33 bits per heavy atom. The van der Waals surface area contributed by atoms with Crippen molar-refractivity contribution in [2.75, 3.05) is 37.6 Å². The van der Waals surface area contributed by atoms with Crippen molar-refractivity contribution < 1.29 is 9.59 Å². The fourth-order valence-corrected chi connectivity index (χ4v) is 2.27. The molecule has 6 nitrogen and oxygen atoms in total. The Labute approximate surface area is 128 Å². The minimum absolute atomic E-state index is 0.0455. The van der Waals surface area contributed by atoms with Crippen molar-refractivity contribution in [2.45, 2.75) is 0 Å². The Balaban J connectivity index is 1.84. The quantitative estimate of drug-likeness (QED) is 0.594. The lowest BCUT2D eigenvalue weighted by molar-refractivity contribution is -0.145. The molecule has 1 aromatic carbocycles. The molecule has 0 bridgehead atoms. The molecule has 0 atom stereocenters. The number of carbonyl (C=O) groups excluding carboxylic acids is 2. The summed E-state index contributed by atoms with van der Waals surface area (Å²) in [5.41, 5.74) is 6.41. The summed E-state index contributed by atoms with van der Waals surface area (Å²) in [4.78, 5) is 27.5. The molecular formula is C14H18N4O2S. The molecule has 0 unspecified atom stereocenters. The molecule has 1 aromatic rings. The number of nitrogens with zero attached hydrogens (tertiary/aromatic N) is 2. The molecule has 1 aliphatic heterocycles. The van der Waals surface area contributed by atoms with Gasteiger partial charge >= 0.3 is 11.8 Å². The van der Waals surface area contributed by atoms with Crippen LogP contribution >= 0.6 is 12.2 Å². The van der Waals surface area contributed by atoms with E-state index in [1.165, 1.54) is 0 Å². The first-order valence-electron chi connectivity index (χ1n) is 6.73. The maximum Gasteiger partial charge on any atom is 0.312 e. The highest BCUT2D eigenvalue weighted by atomic mass is 32.1. The van der Waals surface area contributed by atoms with Gasteiger partial charge in [0.15, 0.2) is 0 Å². The third-order valence-electron chi connectivity index (χ3n) is 3.31. The molecule has 2 rings (SSSR count). The zero-order valence-corrected chi connectivity index (χ0v) is 12.4. The lowest BCUT2D eigenvalue weighted by Crippen LogP contribution is -2.53. The van der Waals surface area contributed by atoms with E-state index in [1.807, 2.05) is 30.3 Å². The second-order valence-corrected chi connectivity index (χ2v) is 5.29. The number of anilines is 1. The van der Waals surface area contributed by atoms with Gasteiger partial charge in [0.1, 0.15) is 0 Å². The molecule has 0 radical (unpaired) electrons. The number of nitrogens with two attached hydrogens (primary N) is 1. The van der Waals surface area contributed by atoms with Crippen LogP contribution in [0, 0.1) is 0 Å². The first-order chi connectivity index (χ1) is 10.1. The molecule has 7 heteroatoms. The monoisotopic (exact) mass is 306 g/mol. The summed E-state index contributed by atoms with van der Waals surface area (Å²) >= 11 is 4.66. The Kier molecular flexibility index (Phi) is 5.10. The normalized spacial score (nSPS) is 14.7. The minimum atomic E-state index is -0.657. The SMILES string of the molecule is NC(=S)CNC(=O)C(=O)N1CCN(c2ccccc2)CC1. The number of rotatable bonds is 3. The van der Waals surface area contributed by atoms with E-state index in [4.69, 9.17) is 5.73 Å². The van der Waals surface area contributed by atoms with E-state index in [9.17, 15) is 9.59 Å². The van der Waals surface area contributed by atoms with E-state index in [2.05, 4.69) is 22.4 Å². The minimum Gasteiger partial charge on any atom is -0.392 e. The molecule has 1 fully saturated rings. The second-order valence-electron chi connectivity index (χ2n) is 4.76. The zero-order chi connectivity index (χ0) is 15.2. The van der Waals surface area contributed by atoms with Gasteiger partial charge in [-0.25, -0.2) is 0 Å². The van der Waals surface area contributed by atoms with Gasteiger partial charge in [-0.3, -0.25) is 9.59 Å². The highest BCUT2D eigenvalue weighted by Crippen LogP contribution is 2.15. The highest BCUT2D eigenvalue weighted by molar-refractivity contribution is 7.80. The molecule has 21 heavy (non-hydrogen) atoms. The van der Waals surface area contributed by atoms with Gasteiger partial charge in [-0.1, -0.05) is 30.4 Å². The summed E-state index contributed by atoms with van der Waals surface area (Å²) in [6.07, 6.45) is 0. The molecule has 0 aromatic heterocycles. The largest absolute Gasteiger partial charge is 0.392 e. The molecule has 3 N–H and O–H groups in total. The smallest absolute Gasteiger partial charge is 0.312 e. The predicted octanol–water partition coefficient (Wildman–Crippen LogP) is -0.262. The lowest BCUT2D eigenvalue weighted by Gasteiger charge is -2.35. The lowest BCUT2D eigenvalue weighted by atomic mass is 10.2. The summed E-state index contributed by atoms with van der Waals surface area (Å²) in [6.45, 7) is 2.50. The van der Waals surface area contributed by atoms with E-state index in [1.54, 1.807) is 4.90 Å². The standard InChI is InChI=1S/C14H18N4O2S/c15-12(21)10-16-13(19)14(20)18-8-6-17(7-9-18)11-4-2-1-3-5-11/h1-5H,6-10H2,(H2,15,21)(H,16,19). The predicted molar refractivity (Wildman–Crippen MR) is 85.0 cm³/mol. The third-order valence-corrected chi connectivity index (χ3v) is 3.45. The van der Waals surface area contributed by atoms with E-state index in [0.29, 0.717) is 26.2 Å². The zero-order valence-electron chi connectivity index (χ0n) is 11.6. The molecule has 2 amide bonds. The van der Waals surface area contributed by atoms with Gasteiger partial charge in [-0.15, -0.1) is 0 Å². The molecular weight excluding hydrogens is 288 g/mol. The number of hydrogen-bond donors (Lipinski definition) is 2. The number of nitrogens with one attached hydrogen (secondary N) is 1. The van der Waals surface area contributed by atoms with E-state index < -0.39 is 11.8 Å². The van der Waals surface area contributed by atoms with Crippen molar-refractivity contribution in [1.29, 1.82) is 0 Å². The molecule has 0 aliphatic carbocycles. The summed E-state index contributed by atoms with van der Waals surface area (Å²) in [5.74, 6) is -1.19. The molecule has 112 valence electrons. The highest BCUT2D eigenvalue weighted by Gasteiger charge is 2.25. The average Bonchev–Trinajstić information content (AvgIpc) is 2.53. The fourth-order valence-electron chi connectivity index (χ4n) is 2.19. The van der Waals surface area contributed by atoms with E-state index in [0.717, 1.165) is 5.69 Å². The summed E-state index contributed by atoms with van der Waals surface area (Å²) in [7, 11) is 0. The van der Waals surface area contributed by atoms with Crippen LogP contribution in [0.3, 0.4) is 0 Å². The average molecular weight is 306 g/mol. The first-order valence-corrected chi connectivity index (χ1v) is 7.14. The number of thiocarbonyl (C=S) groups is 1. The molecule has 0 saturated carbocycles. The number of para-hydroxylation sites is 1. The Morgan fingerprint density at radius 2 is 1.76 bits per heavy atom. The molecule has 1 saturated heterocycles. The van der Waals surface area contributed by atoms with Crippen LogP contribution in [0.25, 0.3) is 0 Å². The van der Waals surface area contributed by atoms with Gasteiger partial charge in [0, 0.05) is 31.9 Å². The van der Waals surface area contributed by atoms with Gasteiger partial charge in [-0.05, 0) is 12.1 Å². The van der Waals surface area contributed by atoms with Gasteiger partial charge in [0.2, 0.25) is 0 Å². The van der Waals surface area contributed by atoms with Gasteiger partial charge in [0.25, 0.3) is 0 Å². The molecule has 1 aliphatic rings. The maximum atomic E-state index is 12.0. The van der Waals surface area contributed by atoms with Crippen LogP contribution in [-0.2, 0) is 9.59 Å². The molecule has 1 heterocycles. The van der Waals surface area contributed by atoms with Crippen LogP contribution in [0.1, 0.15) is 0 Å². The van der Waals surface area contributed by atoms with Crippen molar-refractivity contribution >= 4 is 34.7 Å². The van der Waals surface area contributed by atoms with Crippen LogP contribution < -0.4 is 16.0 Å². The molecule has 0 spiro atoms. The second kappa shape index (κ2) is 7.03. The van der Waals surface area contributed by atoms with Crippen LogP contribution in [0.15, 0.2) is 30.3 Å². The van der Waals surface area contributed by atoms with Crippen molar-refractivity contribution in [2.24, 2.45) is 5.73 Å². The van der Waals surface area contributed by atoms with Crippen molar-refractivity contribution in [3.63, 3.8) is 0 Å². The summed E-state index contributed by atoms with van der Waals surface area (Å²) in [5, 5.41) is 2.41. The Bertz CT molecular complexity index is 527. The van der Waals surface area contributed by atoms with Crippen LogP contribution in [0.5, 0.6) is 0 Å². The Morgan fingerprint density at radius 1 is 1.14 bits per heavy atom. The van der Waals surface area contributed by atoms with Crippen LogP contribution in [0.4, 0.5) is 5.69 Å². The fraction of sp³-hybridized carbons (Fsp3) is 0.357.